The molecule has 0 fully saturated rings. The van der Waals surface area contributed by atoms with E-state index in [-0.39, 0.29) is 12.5 Å². The minimum Gasteiger partial charge on any atom is -0.399 e. The van der Waals surface area contributed by atoms with Crippen molar-refractivity contribution in [1.82, 2.24) is 29.5 Å². The number of benzene rings is 1. The van der Waals surface area contributed by atoms with Crippen LogP contribution in [0.1, 0.15) is 5.56 Å². The number of nitrogens with zero attached hydrogens (tertiary/aromatic N) is 6. The molecule has 0 atom stereocenters. The molecule has 0 aliphatic rings. The number of anilines is 2. The van der Waals surface area contributed by atoms with Crippen LogP contribution in [0.3, 0.4) is 0 Å². The van der Waals surface area contributed by atoms with E-state index in [0.717, 1.165) is 0 Å². The molecule has 0 amide bonds. The van der Waals surface area contributed by atoms with Crippen LogP contribution < -0.4 is 11.5 Å². The molecule has 0 aliphatic carbocycles. The first kappa shape index (κ1) is 15.3. The summed E-state index contributed by atoms with van der Waals surface area (Å²) in [5.41, 5.74) is 12.6. The first-order chi connectivity index (χ1) is 12.0. The van der Waals surface area contributed by atoms with Gasteiger partial charge < -0.3 is 11.5 Å². The van der Waals surface area contributed by atoms with Crippen LogP contribution in [0.5, 0.6) is 0 Å². The van der Waals surface area contributed by atoms with E-state index >= 15 is 0 Å². The molecule has 0 aliphatic heterocycles. The van der Waals surface area contributed by atoms with Gasteiger partial charge in [-0.25, -0.2) is 13.8 Å². The highest BCUT2D eigenvalue weighted by atomic mass is 35.5. The van der Waals surface area contributed by atoms with E-state index in [1.807, 2.05) is 0 Å². The molecule has 0 radical (unpaired) electrons. The molecule has 0 bridgehead atoms. The number of fused-ring (bicyclic) bond motifs is 1. The molecule has 3 heterocycles. The van der Waals surface area contributed by atoms with Crippen LogP contribution in [0, 0.1) is 5.82 Å². The van der Waals surface area contributed by atoms with Gasteiger partial charge in [0.1, 0.15) is 5.82 Å². The summed E-state index contributed by atoms with van der Waals surface area (Å²) in [4.78, 5) is 8.42. The summed E-state index contributed by atoms with van der Waals surface area (Å²) in [5, 5.41) is 9.47. The number of rotatable bonds is 3. The van der Waals surface area contributed by atoms with Crippen molar-refractivity contribution in [2.75, 3.05) is 11.5 Å². The van der Waals surface area contributed by atoms with Gasteiger partial charge in [-0.1, -0.05) is 17.7 Å². The highest BCUT2D eigenvalue weighted by Crippen LogP contribution is 2.22. The molecule has 8 nitrogen and oxygen atoms in total. The maximum atomic E-state index is 14.1. The van der Waals surface area contributed by atoms with Gasteiger partial charge in [-0.3, -0.25) is 0 Å². The molecular formula is C15H12ClFN8. The molecule has 1 aromatic carbocycles. The van der Waals surface area contributed by atoms with Crippen LogP contribution in [-0.2, 0) is 6.54 Å². The first-order valence-electron chi connectivity index (χ1n) is 7.25. The Hall–Kier alpha value is -3.20. The molecule has 10 heteroatoms. The molecule has 4 rings (SSSR count). The molecule has 4 N–H and O–H groups in total. The van der Waals surface area contributed by atoms with Crippen molar-refractivity contribution in [2.45, 2.75) is 6.54 Å². The smallest absolute Gasteiger partial charge is 0.224 e. The highest BCUT2D eigenvalue weighted by molar-refractivity contribution is 6.30. The fourth-order valence-corrected chi connectivity index (χ4v) is 2.65. The Labute approximate surface area is 145 Å². The van der Waals surface area contributed by atoms with Gasteiger partial charge >= 0.3 is 0 Å². The third-order valence-corrected chi connectivity index (χ3v) is 3.85. The van der Waals surface area contributed by atoms with Gasteiger partial charge in [-0.15, -0.1) is 0 Å². The Bertz CT molecular complexity index is 1090. The average Bonchev–Trinajstić information content (AvgIpc) is 3.16. The summed E-state index contributed by atoms with van der Waals surface area (Å²) in [6.45, 7) is 0.172. The lowest BCUT2D eigenvalue weighted by Gasteiger charge is -2.07. The van der Waals surface area contributed by atoms with Crippen LogP contribution in [0.15, 0.2) is 36.8 Å². The lowest BCUT2D eigenvalue weighted by molar-refractivity contribution is 0.590. The van der Waals surface area contributed by atoms with Crippen molar-refractivity contribution >= 4 is 34.3 Å². The van der Waals surface area contributed by atoms with Gasteiger partial charge in [-0.05, 0) is 12.1 Å². The van der Waals surface area contributed by atoms with Crippen molar-refractivity contribution in [2.24, 2.45) is 0 Å². The minimum absolute atomic E-state index is 0.0497. The van der Waals surface area contributed by atoms with Crippen molar-refractivity contribution in [3.05, 3.63) is 53.2 Å². The number of nitrogens with two attached hydrogens (primary N) is 2. The Morgan fingerprint density at radius 2 is 1.96 bits per heavy atom. The van der Waals surface area contributed by atoms with Crippen LogP contribution in [0.2, 0.25) is 5.02 Å². The largest absolute Gasteiger partial charge is 0.399 e. The molecule has 126 valence electrons. The third-order valence-electron chi connectivity index (χ3n) is 3.66. The van der Waals surface area contributed by atoms with E-state index in [1.54, 1.807) is 24.5 Å². The van der Waals surface area contributed by atoms with Crippen LogP contribution in [-0.4, -0.2) is 29.5 Å². The second-order valence-electron chi connectivity index (χ2n) is 5.40. The van der Waals surface area contributed by atoms with Gasteiger partial charge in [-0.2, -0.15) is 20.2 Å². The van der Waals surface area contributed by atoms with Crippen molar-refractivity contribution in [3.63, 3.8) is 0 Å². The predicted octanol–water partition coefficient (Wildman–Crippen LogP) is 2.02. The van der Waals surface area contributed by atoms with E-state index in [4.69, 9.17) is 23.1 Å². The third kappa shape index (κ3) is 2.74. The molecule has 4 aromatic rings. The second kappa shape index (κ2) is 5.71. The summed E-state index contributed by atoms with van der Waals surface area (Å²) in [6.07, 6.45) is 4.66. The molecule has 0 saturated carbocycles. The zero-order valence-electron chi connectivity index (χ0n) is 12.8. The van der Waals surface area contributed by atoms with Crippen molar-refractivity contribution in [1.29, 1.82) is 0 Å². The Morgan fingerprint density at radius 1 is 1.12 bits per heavy atom. The molecular weight excluding hydrogens is 347 g/mol. The van der Waals surface area contributed by atoms with Crippen LogP contribution >= 0.6 is 11.6 Å². The van der Waals surface area contributed by atoms with Crippen molar-refractivity contribution < 1.29 is 4.39 Å². The molecule has 0 spiro atoms. The number of aromatic nitrogens is 6. The van der Waals surface area contributed by atoms with E-state index in [0.29, 0.717) is 33.1 Å². The summed E-state index contributed by atoms with van der Waals surface area (Å²) < 4.78 is 17.1. The quantitative estimate of drug-likeness (QED) is 0.541. The Morgan fingerprint density at radius 3 is 2.68 bits per heavy atom. The number of hydrogen-bond donors (Lipinski definition) is 2. The molecule has 3 aromatic heterocycles. The molecule has 0 saturated heterocycles. The summed E-state index contributed by atoms with van der Waals surface area (Å²) in [5.74, 6) is 0.0804. The topological polar surface area (TPSA) is 113 Å². The predicted molar refractivity (Wildman–Crippen MR) is 91.8 cm³/mol. The summed E-state index contributed by atoms with van der Waals surface area (Å²) in [6, 6.07) is 4.50. The summed E-state index contributed by atoms with van der Waals surface area (Å²) >= 11 is 5.91. The van der Waals surface area contributed by atoms with Crippen LogP contribution in [0.25, 0.3) is 16.9 Å². The molecule has 0 unspecified atom stereocenters. The monoisotopic (exact) mass is 358 g/mol. The fourth-order valence-electron chi connectivity index (χ4n) is 2.52. The maximum Gasteiger partial charge on any atom is 0.224 e. The van der Waals surface area contributed by atoms with E-state index in [1.165, 1.54) is 21.6 Å². The normalized spacial score (nSPS) is 11.3. The lowest BCUT2D eigenvalue weighted by atomic mass is 10.2. The Balaban J connectivity index is 1.83. The number of nitrogen functional groups attached to an aromatic ring is 2. The Kier molecular flexibility index (Phi) is 3.50. The van der Waals surface area contributed by atoms with E-state index < -0.39 is 5.82 Å². The number of halogens is 2. The standard InChI is InChI=1S/C15H12ClFN8/c16-9-4-20-25(7-9)14-11-5-21-24(13(11)22-15(19)23-14)6-8-1-2-10(18)3-12(8)17/h1-5,7H,6,18H2,(H2,19,22,23). The van der Waals surface area contributed by atoms with Gasteiger partial charge in [0.15, 0.2) is 11.5 Å². The van der Waals surface area contributed by atoms with Crippen molar-refractivity contribution in [3.8, 4) is 5.82 Å². The molecule has 25 heavy (non-hydrogen) atoms. The highest BCUT2D eigenvalue weighted by Gasteiger charge is 2.15. The number of hydrogen-bond acceptors (Lipinski definition) is 6. The van der Waals surface area contributed by atoms with Gasteiger partial charge in [0.25, 0.3) is 0 Å². The zero-order chi connectivity index (χ0) is 17.6. The van der Waals surface area contributed by atoms with E-state index in [2.05, 4.69) is 20.2 Å². The van der Waals surface area contributed by atoms with E-state index in [9.17, 15) is 4.39 Å². The summed E-state index contributed by atoms with van der Waals surface area (Å²) in [7, 11) is 0. The zero-order valence-corrected chi connectivity index (χ0v) is 13.5. The SMILES string of the molecule is Nc1ccc(Cn2ncc3c(-n4cc(Cl)cn4)nc(N)nc32)c(F)c1. The van der Waals surface area contributed by atoms with Gasteiger partial charge in [0, 0.05) is 11.3 Å². The van der Waals surface area contributed by atoms with Gasteiger partial charge in [0.05, 0.1) is 35.5 Å². The lowest BCUT2D eigenvalue weighted by Crippen LogP contribution is -2.08. The maximum absolute atomic E-state index is 14.1. The fraction of sp³-hybridized carbons (Fsp3) is 0.0667. The minimum atomic E-state index is -0.412. The second-order valence-corrected chi connectivity index (χ2v) is 5.84. The van der Waals surface area contributed by atoms with Gasteiger partial charge in [0.2, 0.25) is 5.95 Å². The average molecular weight is 359 g/mol. The first-order valence-corrected chi connectivity index (χ1v) is 7.62. The van der Waals surface area contributed by atoms with Crippen LogP contribution in [0.4, 0.5) is 16.0 Å².